The highest BCUT2D eigenvalue weighted by Gasteiger charge is 2.42. The van der Waals surface area contributed by atoms with E-state index in [1.807, 2.05) is 13.8 Å². The van der Waals surface area contributed by atoms with Gasteiger partial charge in [-0.25, -0.2) is 4.79 Å². The van der Waals surface area contributed by atoms with Crippen LogP contribution in [0.5, 0.6) is 46.0 Å². The summed E-state index contributed by atoms with van der Waals surface area (Å²) < 4.78 is 35.7. The molecule has 0 aliphatic carbocycles. The lowest BCUT2D eigenvalue weighted by Crippen LogP contribution is -2.59. The molecule has 5 aromatic rings. The van der Waals surface area contributed by atoms with Crippen LogP contribution in [0.1, 0.15) is 84.8 Å². The highest BCUT2D eigenvalue weighted by atomic mass is 35.5. The fraction of sp³-hybridized carbons (Fsp3) is 0.333. The first-order chi connectivity index (χ1) is 40.0. The summed E-state index contributed by atoms with van der Waals surface area (Å²) in [5.74, 6) is -10.3. The van der Waals surface area contributed by atoms with Gasteiger partial charge in [-0.15, -0.1) is 0 Å². The predicted molar refractivity (Wildman–Crippen MR) is 300 cm³/mol. The number of ether oxygens (including phenoxy) is 6. The van der Waals surface area contributed by atoms with Gasteiger partial charge < -0.3 is 86.7 Å². The van der Waals surface area contributed by atoms with Crippen molar-refractivity contribution < 1.29 is 82.1 Å². The van der Waals surface area contributed by atoms with Gasteiger partial charge in [0.05, 0.1) is 50.9 Å². The standard InChI is InChI=1S/C57H60Cl2N8O17/c1-23(2)14-33(61-3)51(71)66-46-48(69)25-9-12-36(31(58)16-25)83-39-18-27-19-40(50(39)82-7)84-37-13-10-26(17-32(37)59)49(70)47-56(76)65-45(57(77)78)30-20-28(79-4)21-38(81-6)42(30)29-15-24(8-11-35(29)80-5)43(53(73)67-47)64-54(74)44(27)63-52(72)34(22-41(60)68)62-55(46)75/h8-13,15-21,23,33-34,43-49,61,69-70H,14,22H2,1-7H3,(H2,60,68)(H,62,75)(H,63,72)(H,64,74)(H,65,76)(H,66,71)(H,67,73)(H,77,78)/t33-,34-,43+,44+,45+,46+,47-,48+,49+/m0/s1. The first kappa shape index (κ1) is 61.2. The highest BCUT2D eigenvalue weighted by molar-refractivity contribution is 6.32. The fourth-order valence-electron chi connectivity index (χ4n) is 9.95. The van der Waals surface area contributed by atoms with E-state index in [1.54, 1.807) is 0 Å². The van der Waals surface area contributed by atoms with E-state index < -0.39 is 108 Å². The molecule has 11 bridgehead atoms. The van der Waals surface area contributed by atoms with Crippen molar-refractivity contribution in [1.29, 1.82) is 0 Å². The second kappa shape index (κ2) is 25.7. The Kier molecular flexibility index (Phi) is 18.7. The van der Waals surface area contributed by atoms with Crippen LogP contribution in [-0.4, -0.2) is 122 Å². The summed E-state index contributed by atoms with van der Waals surface area (Å²) in [6, 6.07) is 4.38. The first-order valence-corrected chi connectivity index (χ1v) is 26.7. The van der Waals surface area contributed by atoms with Crippen molar-refractivity contribution in [3.8, 4) is 57.1 Å². The van der Waals surface area contributed by atoms with Crippen LogP contribution < -0.4 is 71.4 Å². The van der Waals surface area contributed by atoms with Crippen LogP contribution in [0.4, 0.5) is 0 Å². The Bertz CT molecular complexity index is 3460. The van der Waals surface area contributed by atoms with Gasteiger partial charge in [0.15, 0.2) is 17.5 Å². The van der Waals surface area contributed by atoms with Crippen LogP contribution in [0.25, 0.3) is 11.1 Å². The fourth-order valence-corrected chi connectivity index (χ4v) is 10.4. The summed E-state index contributed by atoms with van der Waals surface area (Å²) in [5, 5.41) is 52.6. The van der Waals surface area contributed by atoms with Crippen molar-refractivity contribution in [2.45, 2.75) is 81.2 Å². The number of benzene rings is 5. The molecule has 0 aromatic heterocycles. The molecule has 5 aliphatic heterocycles. The van der Waals surface area contributed by atoms with Gasteiger partial charge in [0.25, 0.3) is 0 Å². The van der Waals surface area contributed by atoms with Crippen molar-refractivity contribution >= 4 is 70.5 Å². The van der Waals surface area contributed by atoms with Gasteiger partial charge in [-0.2, -0.15) is 0 Å². The summed E-state index contributed by atoms with van der Waals surface area (Å²) in [6.45, 7) is 3.73. The van der Waals surface area contributed by atoms with E-state index in [1.165, 1.54) is 114 Å². The zero-order valence-corrected chi connectivity index (χ0v) is 47.6. The smallest absolute Gasteiger partial charge is 0.330 e. The molecule has 0 unspecified atom stereocenters. The molecule has 0 saturated heterocycles. The Morgan fingerprint density at radius 3 is 1.77 bits per heavy atom. The summed E-state index contributed by atoms with van der Waals surface area (Å²) in [6.07, 6.45) is -4.56. The monoisotopic (exact) mass is 1200 g/mol. The maximum absolute atomic E-state index is 15.7. The molecule has 5 heterocycles. The number of nitrogens with two attached hydrogens (primary N) is 1. The first-order valence-electron chi connectivity index (χ1n) is 26.0. The van der Waals surface area contributed by atoms with Crippen molar-refractivity contribution in [3.63, 3.8) is 0 Å². The Labute approximate surface area is 490 Å². The molecule has 0 fully saturated rings. The van der Waals surface area contributed by atoms with Gasteiger partial charge in [0.1, 0.15) is 71.2 Å². The maximum atomic E-state index is 15.7. The van der Waals surface area contributed by atoms with Crippen molar-refractivity contribution in [2.75, 3.05) is 35.5 Å². The number of carbonyl (C=O) groups excluding carboxylic acids is 7. The summed E-state index contributed by atoms with van der Waals surface area (Å²) in [5.41, 5.74) is 5.26. The largest absolute Gasteiger partial charge is 0.497 e. The number of hydrogen-bond donors (Lipinski definition) is 11. The number of aliphatic hydroxyl groups is 2. The third-order valence-corrected chi connectivity index (χ3v) is 14.7. The molecule has 10 rings (SSSR count). The van der Waals surface area contributed by atoms with Crippen molar-refractivity contribution in [1.82, 2.24) is 37.2 Å². The van der Waals surface area contributed by atoms with Gasteiger partial charge in [0, 0.05) is 22.8 Å². The molecule has 0 spiro atoms. The Morgan fingerprint density at radius 1 is 0.643 bits per heavy atom. The van der Waals surface area contributed by atoms with Gasteiger partial charge in [-0.3, -0.25) is 33.6 Å². The molecule has 0 radical (unpaired) electrons. The van der Waals surface area contributed by atoms with Crippen molar-refractivity contribution in [3.05, 3.63) is 117 Å². The van der Waals surface area contributed by atoms with E-state index in [-0.39, 0.29) is 101 Å². The lowest BCUT2D eigenvalue weighted by atomic mass is 9.89. The van der Waals surface area contributed by atoms with Gasteiger partial charge in [0.2, 0.25) is 47.1 Å². The molecule has 84 heavy (non-hydrogen) atoms. The minimum absolute atomic E-state index is 0.00109. The number of fused-ring (bicyclic) bond motifs is 15. The van der Waals surface area contributed by atoms with E-state index in [9.17, 15) is 44.1 Å². The Balaban J connectivity index is 1.39. The zero-order chi connectivity index (χ0) is 61.0. The van der Waals surface area contributed by atoms with Crippen LogP contribution >= 0.6 is 23.2 Å². The molecule has 444 valence electrons. The number of halogens is 2. The third kappa shape index (κ3) is 12.8. The third-order valence-electron chi connectivity index (χ3n) is 14.1. The van der Waals surface area contributed by atoms with Gasteiger partial charge in [-0.1, -0.05) is 55.2 Å². The summed E-state index contributed by atoms with van der Waals surface area (Å²) in [7, 11) is 6.69. The van der Waals surface area contributed by atoms with Crippen LogP contribution in [-0.2, 0) is 38.4 Å². The number of carboxylic acid groups (broad SMARTS) is 1. The number of nitrogens with one attached hydrogen (secondary N) is 7. The molecule has 5 aliphatic rings. The topological polar surface area (TPSA) is 363 Å². The maximum Gasteiger partial charge on any atom is 0.330 e. The Hall–Kier alpha value is -8.88. The van der Waals surface area contributed by atoms with Crippen LogP contribution in [0.2, 0.25) is 10.0 Å². The van der Waals surface area contributed by atoms with Crippen LogP contribution in [0.15, 0.2) is 78.9 Å². The second-order valence-electron chi connectivity index (χ2n) is 20.1. The Morgan fingerprint density at radius 2 is 1.23 bits per heavy atom. The number of amides is 7. The number of methoxy groups -OCH3 is 4. The number of hydrogen-bond acceptors (Lipinski definition) is 17. The summed E-state index contributed by atoms with van der Waals surface area (Å²) >= 11 is 13.8. The van der Waals surface area contributed by atoms with Crippen LogP contribution in [0, 0.1) is 5.92 Å². The molecule has 27 heteroatoms. The molecule has 5 aromatic carbocycles. The molecule has 7 amide bonds. The number of carboxylic acids is 1. The number of aliphatic hydroxyl groups excluding tert-OH is 2. The number of likely N-dealkylation sites (N-methyl/N-ethyl adjacent to an activating group) is 1. The van der Waals surface area contributed by atoms with Gasteiger partial charge >= 0.3 is 5.97 Å². The average molecular weight is 1200 g/mol. The predicted octanol–water partition coefficient (Wildman–Crippen LogP) is 3.61. The number of primary amides is 1. The minimum Gasteiger partial charge on any atom is -0.497 e. The van der Waals surface area contributed by atoms with E-state index in [2.05, 4.69) is 37.2 Å². The van der Waals surface area contributed by atoms with E-state index >= 15 is 9.59 Å². The van der Waals surface area contributed by atoms with Gasteiger partial charge in [-0.05, 0) is 96.2 Å². The second-order valence-corrected chi connectivity index (χ2v) is 20.9. The lowest BCUT2D eigenvalue weighted by molar-refractivity contribution is -0.143. The quantitative estimate of drug-likeness (QED) is 0.0850. The lowest BCUT2D eigenvalue weighted by Gasteiger charge is -2.31. The molecule has 9 atom stereocenters. The van der Waals surface area contributed by atoms with Crippen LogP contribution in [0.3, 0.4) is 0 Å². The molecular formula is C57H60Cl2N8O17. The number of carbonyl (C=O) groups is 8. The zero-order valence-electron chi connectivity index (χ0n) is 46.1. The highest BCUT2D eigenvalue weighted by Crippen LogP contribution is 2.48. The normalized spacial score (nSPS) is 21.8. The summed E-state index contributed by atoms with van der Waals surface area (Å²) in [4.78, 5) is 115. The SMILES string of the molecule is CN[C@@H](CC(C)C)C(=O)N[C@H]1C(=O)N[C@@H](CC(N)=O)C(=O)N[C@H]2C(=O)N[C@H]3C(=O)N[C@H](C(=O)N[C@@H](C(=O)O)c4cc(OC)cc(OC)c4-c4cc3ccc4OC)[C@H](O)c3ccc(c(Cl)c3)Oc3cc2cc(c3OC)Oc2ccc(cc2Cl)[C@H]1O. The van der Waals surface area contributed by atoms with Crippen molar-refractivity contribution in [2.24, 2.45) is 11.7 Å². The molecule has 25 nitrogen and oxygen atoms in total. The average Bonchev–Trinajstić information content (AvgIpc) is 2.07. The molecule has 0 saturated carbocycles. The molecule has 12 N–H and O–H groups in total. The van der Waals surface area contributed by atoms with E-state index in [0.717, 1.165) is 0 Å². The minimum atomic E-state index is -2.08. The van der Waals surface area contributed by atoms with E-state index in [4.69, 9.17) is 57.4 Å². The number of aliphatic carboxylic acids is 1. The van der Waals surface area contributed by atoms with E-state index in [0.29, 0.717) is 6.42 Å². The number of rotatable bonds is 12. The molecular weight excluding hydrogens is 1140 g/mol.